The van der Waals surface area contributed by atoms with Crippen LogP contribution in [-0.2, 0) is 11.3 Å². The van der Waals surface area contributed by atoms with Crippen LogP contribution in [0.3, 0.4) is 0 Å². The molecule has 5 nitrogen and oxygen atoms in total. The minimum atomic E-state index is -0.00422. The highest BCUT2D eigenvalue weighted by Crippen LogP contribution is 2.32. The summed E-state index contributed by atoms with van der Waals surface area (Å²) >= 11 is 0. The molecule has 1 saturated carbocycles. The number of rotatable bonds is 5. The standard InChI is InChI=1S/C22H25N3O2/c26-21(18-10-6-11-18)23-19-12-4-5-13-20(19)25-15-7-14-24(22(25)27)16-17-8-2-1-3-9-17/h1-5,8-9,12-13,18H,6-7,10-11,14-16H2,(H,23,26). The third-order valence-electron chi connectivity index (χ3n) is 5.46. The molecule has 1 N–H and O–H groups in total. The van der Waals surface area contributed by atoms with Gasteiger partial charge in [-0.25, -0.2) is 4.79 Å². The van der Waals surface area contributed by atoms with Crippen molar-refractivity contribution in [1.29, 1.82) is 0 Å². The molecule has 2 aromatic rings. The molecule has 1 heterocycles. The van der Waals surface area contributed by atoms with Crippen molar-refractivity contribution in [3.63, 3.8) is 0 Å². The Bertz CT molecular complexity index is 817. The summed E-state index contributed by atoms with van der Waals surface area (Å²) < 4.78 is 0. The van der Waals surface area contributed by atoms with Gasteiger partial charge in [0.1, 0.15) is 0 Å². The predicted octanol–water partition coefficient (Wildman–Crippen LogP) is 4.26. The van der Waals surface area contributed by atoms with Gasteiger partial charge in [0.25, 0.3) is 0 Å². The van der Waals surface area contributed by atoms with E-state index in [1.165, 1.54) is 0 Å². The lowest BCUT2D eigenvalue weighted by atomic mass is 9.85. The van der Waals surface area contributed by atoms with Gasteiger partial charge >= 0.3 is 6.03 Å². The van der Waals surface area contributed by atoms with Gasteiger partial charge in [0, 0.05) is 25.6 Å². The second-order valence-corrected chi connectivity index (χ2v) is 7.33. The Morgan fingerprint density at radius 1 is 0.963 bits per heavy atom. The van der Waals surface area contributed by atoms with Crippen molar-refractivity contribution < 1.29 is 9.59 Å². The number of hydrogen-bond donors (Lipinski definition) is 1. The van der Waals surface area contributed by atoms with E-state index in [2.05, 4.69) is 5.32 Å². The summed E-state index contributed by atoms with van der Waals surface area (Å²) in [6.45, 7) is 2.02. The van der Waals surface area contributed by atoms with E-state index in [9.17, 15) is 9.59 Å². The number of hydrogen-bond acceptors (Lipinski definition) is 2. The van der Waals surface area contributed by atoms with Crippen molar-refractivity contribution in [1.82, 2.24) is 4.90 Å². The predicted molar refractivity (Wildman–Crippen MR) is 107 cm³/mol. The minimum absolute atomic E-state index is 0.00422. The molecule has 3 amide bonds. The smallest absolute Gasteiger partial charge is 0.324 e. The van der Waals surface area contributed by atoms with Crippen molar-refractivity contribution in [2.75, 3.05) is 23.3 Å². The van der Waals surface area contributed by atoms with Crippen LogP contribution in [-0.4, -0.2) is 29.9 Å². The lowest BCUT2D eigenvalue weighted by Crippen LogP contribution is -2.49. The molecule has 0 aromatic heterocycles. The van der Waals surface area contributed by atoms with Crippen LogP contribution in [0, 0.1) is 5.92 Å². The Morgan fingerprint density at radius 3 is 2.44 bits per heavy atom. The number of nitrogens with zero attached hydrogens (tertiary/aromatic N) is 2. The maximum absolute atomic E-state index is 13.1. The van der Waals surface area contributed by atoms with Crippen LogP contribution in [0.25, 0.3) is 0 Å². The van der Waals surface area contributed by atoms with E-state index in [1.54, 1.807) is 4.90 Å². The molecule has 2 aliphatic rings. The summed E-state index contributed by atoms with van der Waals surface area (Å²) in [6, 6.07) is 17.7. The Balaban J connectivity index is 1.52. The van der Waals surface area contributed by atoms with Gasteiger partial charge in [-0.3, -0.25) is 9.69 Å². The molecule has 1 saturated heterocycles. The van der Waals surface area contributed by atoms with Crippen LogP contribution < -0.4 is 10.2 Å². The van der Waals surface area contributed by atoms with Crippen LogP contribution in [0.4, 0.5) is 16.2 Å². The fourth-order valence-corrected chi connectivity index (χ4v) is 3.68. The van der Waals surface area contributed by atoms with Crippen LogP contribution in [0.2, 0.25) is 0 Å². The van der Waals surface area contributed by atoms with Crippen molar-refractivity contribution in [2.24, 2.45) is 5.92 Å². The quantitative estimate of drug-likeness (QED) is 0.863. The van der Waals surface area contributed by atoms with Crippen LogP contribution in [0.5, 0.6) is 0 Å². The number of carbonyl (C=O) groups is 2. The molecule has 27 heavy (non-hydrogen) atoms. The Hall–Kier alpha value is -2.82. The number of anilines is 2. The van der Waals surface area contributed by atoms with Crippen LogP contribution in [0.15, 0.2) is 54.6 Å². The number of benzene rings is 2. The third-order valence-corrected chi connectivity index (χ3v) is 5.46. The molecule has 1 aliphatic heterocycles. The number of carbonyl (C=O) groups excluding carboxylic acids is 2. The Kier molecular flexibility index (Phi) is 5.10. The van der Waals surface area contributed by atoms with Gasteiger partial charge in [0.2, 0.25) is 5.91 Å². The molecule has 5 heteroatoms. The lowest BCUT2D eigenvalue weighted by molar-refractivity contribution is -0.122. The summed E-state index contributed by atoms with van der Waals surface area (Å²) in [4.78, 5) is 29.2. The van der Waals surface area contributed by atoms with Crippen molar-refractivity contribution in [2.45, 2.75) is 32.2 Å². The molecule has 0 unspecified atom stereocenters. The SMILES string of the molecule is O=C(Nc1ccccc1N1CCCN(Cc2ccccc2)C1=O)C1CCC1. The summed E-state index contributed by atoms with van der Waals surface area (Å²) in [7, 11) is 0. The van der Waals surface area contributed by atoms with E-state index < -0.39 is 0 Å². The summed E-state index contributed by atoms with van der Waals surface area (Å²) in [5, 5.41) is 3.04. The van der Waals surface area contributed by atoms with E-state index in [0.29, 0.717) is 13.1 Å². The minimum Gasteiger partial charge on any atom is -0.324 e. The second-order valence-electron chi connectivity index (χ2n) is 7.33. The van der Waals surface area contributed by atoms with Crippen molar-refractivity contribution >= 4 is 23.3 Å². The monoisotopic (exact) mass is 363 g/mol. The zero-order valence-electron chi connectivity index (χ0n) is 15.4. The number of nitrogens with one attached hydrogen (secondary N) is 1. The van der Waals surface area contributed by atoms with Gasteiger partial charge in [0.15, 0.2) is 0 Å². The number of amides is 3. The van der Waals surface area contributed by atoms with Gasteiger partial charge in [-0.05, 0) is 37.0 Å². The first kappa shape index (κ1) is 17.6. The number of urea groups is 1. The molecule has 4 rings (SSSR count). The van der Waals surface area contributed by atoms with E-state index in [0.717, 1.165) is 49.2 Å². The molecule has 2 aromatic carbocycles. The first-order chi connectivity index (χ1) is 13.2. The third kappa shape index (κ3) is 3.82. The topological polar surface area (TPSA) is 52.7 Å². The maximum atomic E-state index is 13.1. The summed E-state index contributed by atoms with van der Waals surface area (Å²) in [6.07, 6.45) is 3.95. The zero-order chi connectivity index (χ0) is 18.6. The molecule has 2 fully saturated rings. The van der Waals surface area contributed by atoms with E-state index >= 15 is 0 Å². The molecule has 1 aliphatic carbocycles. The average Bonchev–Trinajstić information content (AvgIpc) is 2.64. The molecule has 0 bridgehead atoms. The Morgan fingerprint density at radius 2 is 1.70 bits per heavy atom. The molecule has 0 radical (unpaired) electrons. The lowest BCUT2D eigenvalue weighted by Gasteiger charge is -2.36. The first-order valence-electron chi connectivity index (χ1n) is 9.72. The zero-order valence-corrected chi connectivity index (χ0v) is 15.4. The Labute approximate surface area is 160 Å². The largest absolute Gasteiger partial charge is 0.324 e. The first-order valence-corrected chi connectivity index (χ1v) is 9.72. The van der Waals surface area contributed by atoms with Gasteiger partial charge in [0.05, 0.1) is 11.4 Å². The summed E-state index contributed by atoms with van der Waals surface area (Å²) in [5.41, 5.74) is 2.64. The van der Waals surface area contributed by atoms with Gasteiger partial charge in [-0.2, -0.15) is 0 Å². The van der Waals surface area contributed by atoms with E-state index in [1.807, 2.05) is 59.5 Å². The van der Waals surface area contributed by atoms with Gasteiger partial charge < -0.3 is 10.2 Å². The summed E-state index contributed by atoms with van der Waals surface area (Å²) in [5.74, 6) is 0.184. The molecule has 140 valence electrons. The fraction of sp³-hybridized carbons (Fsp3) is 0.364. The maximum Gasteiger partial charge on any atom is 0.324 e. The average molecular weight is 363 g/mol. The van der Waals surface area contributed by atoms with E-state index in [4.69, 9.17) is 0 Å². The number of para-hydroxylation sites is 2. The van der Waals surface area contributed by atoms with Crippen LogP contribution >= 0.6 is 0 Å². The van der Waals surface area contributed by atoms with E-state index in [-0.39, 0.29) is 17.9 Å². The highest BCUT2D eigenvalue weighted by atomic mass is 16.2. The van der Waals surface area contributed by atoms with Crippen LogP contribution in [0.1, 0.15) is 31.2 Å². The van der Waals surface area contributed by atoms with Gasteiger partial charge in [-0.15, -0.1) is 0 Å². The molecule has 0 spiro atoms. The highest BCUT2D eigenvalue weighted by Gasteiger charge is 2.30. The molecule has 0 atom stereocenters. The van der Waals surface area contributed by atoms with Gasteiger partial charge in [-0.1, -0.05) is 48.9 Å². The highest BCUT2D eigenvalue weighted by molar-refractivity contribution is 6.01. The fourth-order valence-electron chi connectivity index (χ4n) is 3.68. The molecular weight excluding hydrogens is 338 g/mol. The van der Waals surface area contributed by atoms with Crippen molar-refractivity contribution in [3.05, 3.63) is 60.2 Å². The van der Waals surface area contributed by atoms with Crippen molar-refractivity contribution in [3.8, 4) is 0 Å². The molecular formula is C22H25N3O2. The second kappa shape index (κ2) is 7.82. The normalized spacial score (nSPS) is 17.6.